The third-order valence-electron chi connectivity index (χ3n) is 3.12. The summed E-state index contributed by atoms with van der Waals surface area (Å²) < 4.78 is 5.30. The minimum Gasteiger partial charge on any atom is -0.467 e. The normalized spacial score (nSPS) is 21.1. The summed E-state index contributed by atoms with van der Waals surface area (Å²) in [5.74, 6) is 1.56. The van der Waals surface area contributed by atoms with E-state index in [1.165, 1.54) is 12.8 Å². The van der Waals surface area contributed by atoms with Crippen molar-refractivity contribution in [2.45, 2.75) is 25.8 Å². The number of likely N-dealkylation sites (tertiary alicyclic amines) is 1. The Balaban J connectivity index is 2.05. The SMILES string of the molecule is CC1CCN(C(C#N)c2ccco2)CC1. The first-order valence-corrected chi connectivity index (χ1v) is 5.48. The molecule has 1 fully saturated rings. The summed E-state index contributed by atoms with van der Waals surface area (Å²) in [5.41, 5.74) is 0. The van der Waals surface area contributed by atoms with E-state index in [1.54, 1.807) is 6.26 Å². The average molecular weight is 204 g/mol. The number of furan rings is 1. The maximum absolute atomic E-state index is 9.16. The topological polar surface area (TPSA) is 40.2 Å². The number of nitrogens with zero attached hydrogens (tertiary/aromatic N) is 2. The molecule has 2 heterocycles. The smallest absolute Gasteiger partial charge is 0.156 e. The van der Waals surface area contributed by atoms with Crippen LogP contribution in [-0.4, -0.2) is 18.0 Å². The van der Waals surface area contributed by atoms with Crippen LogP contribution >= 0.6 is 0 Å². The molecule has 1 aliphatic heterocycles. The Morgan fingerprint density at radius 2 is 2.27 bits per heavy atom. The molecule has 0 spiro atoms. The number of nitriles is 1. The minimum atomic E-state index is -0.201. The van der Waals surface area contributed by atoms with Crippen LogP contribution in [0.3, 0.4) is 0 Å². The van der Waals surface area contributed by atoms with E-state index < -0.39 is 0 Å². The maximum atomic E-state index is 9.16. The zero-order valence-electron chi connectivity index (χ0n) is 9.02. The zero-order valence-corrected chi connectivity index (χ0v) is 9.02. The highest BCUT2D eigenvalue weighted by Crippen LogP contribution is 2.26. The molecule has 0 bridgehead atoms. The van der Waals surface area contributed by atoms with Gasteiger partial charge in [-0.1, -0.05) is 6.92 Å². The first-order chi connectivity index (χ1) is 7.31. The predicted molar refractivity (Wildman–Crippen MR) is 57.0 cm³/mol. The number of piperidine rings is 1. The Kier molecular flexibility index (Phi) is 3.08. The average Bonchev–Trinajstić information content (AvgIpc) is 2.75. The van der Waals surface area contributed by atoms with Gasteiger partial charge in [0, 0.05) is 13.1 Å². The lowest BCUT2D eigenvalue weighted by molar-refractivity contribution is 0.152. The molecule has 2 rings (SSSR count). The highest BCUT2D eigenvalue weighted by Gasteiger charge is 2.25. The third kappa shape index (κ3) is 2.21. The zero-order chi connectivity index (χ0) is 10.7. The van der Waals surface area contributed by atoms with E-state index >= 15 is 0 Å². The molecular formula is C12H16N2O. The summed E-state index contributed by atoms with van der Waals surface area (Å²) in [4.78, 5) is 2.21. The molecule has 15 heavy (non-hydrogen) atoms. The van der Waals surface area contributed by atoms with Gasteiger partial charge in [-0.3, -0.25) is 4.90 Å². The van der Waals surface area contributed by atoms with E-state index in [0.717, 1.165) is 24.8 Å². The van der Waals surface area contributed by atoms with Crippen molar-refractivity contribution in [3.8, 4) is 6.07 Å². The van der Waals surface area contributed by atoms with Crippen LogP contribution in [0, 0.1) is 17.2 Å². The fourth-order valence-corrected chi connectivity index (χ4v) is 2.06. The van der Waals surface area contributed by atoms with Crippen molar-refractivity contribution in [1.82, 2.24) is 4.90 Å². The van der Waals surface area contributed by atoms with Crippen molar-refractivity contribution in [2.24, 2.45) is 5.92 Å². The second-order valence-electron chi connectivity index (χ2n) is 4.27. The minimum absolute atomic E-state index is 0.201. The highest BCUT2D eigenvalue weighted by atomic mass is 16.3. The van der Waals surface area contributed by atoms with Gasteiger partial charge in [0.15, 0.2) is 6.04 Å². The molecule has 0 saturated carbocycles. The van der Waals surface area contributed by atoms with Crippen molar-refractivity contribution in [3.63, 3.8) is 0 Å². The van der Waals surface area contributed by atoms with Crippen molar-refractivity contribution in [3.05, 3.63) is 24.2 Å². The molecule has 1 aromatic rings. The van der Waals surface area contributed by atoms with Gasteiger partial charge in [-0.05, 0) is 30.9 Å². The molecule has 3 nitrogen and oxygen atoms in total. The van der Waals surface area contributed by atoms with Crippen LogP contribution in [0.15, 0.2) is 22.8 Å². The molecule has 80 valence electrons. The van der Waals surface area contributed by atoms with Crippen molar-refractivity contribution >= 4 is 0 Å². The molecule has 0 radical (unpaired) electrons. The fourth-order valence-electron chi connectivity index (χ4n) is 2.06. The fraction of sp³-hybridized carbons (Fsp3) is 0.583. The van der Waals surface area contributed by atoms with E-state index in [1.807, 2.05) is 12.1 Å². The molecule has 1 saturated heterocycles. The molecule has 0 amide bonds. The maximum Gasteiger partial charge on any atom is 0.156 e. The van der Waals surface area contributed by atoms with Gasteiger partial charge >= 0.3 is 0 Å². The molecular weight excluding hydrogens is 188 g/mol. The van der Waals surface area contributed by atoms with Crippen LogP contribution in [0.1, 0.15) is 31.6 Å². The summed E-state index contributed by atoms with van der Waals surface area (Å²) in [5, 5.41) is 9.16. The molecule has 0 N–H and O–H groups in total. The molecule has 0 aliphatic carbocycles. The lowest BCUT2D eigenvalue weighted by atomic mass is 9.98. The Labute approximate surface area is 90.3 Å². The van der Waals surface area contributed by atoms with Gasteiger partial charge in [-0.15, -0.1) is 0 Å². The van der Waals surface area contributed by atoms with Crippen LogP contribution < -0.4 is 0 Å². The standard InChI is InChI=1S/C12H16N2O/c1-10-4-6-14(7-5-10)11(9-13)12-3-2-8-15-12/h2-3,8,10-11H,4-7H2,1H3. The molecule has 1 atom stereocenters. The summed E-state index contributed by atoms with van der Waals surface area (Å²) in [6, 6.07) is 5.84. The lowest BCUT2D eigenvalue weighted by Gasteiger charge is -2.32. The molecule has 1 aromatic heterocycles. The van der Waals surface area contributed by atoms with E-state index in [4.69, 9.17) is 9.68 Å². The first kappa shape index (κ1) is 10.3. The Morgan fingerprint density at radius 3 is 2.80 bits per heavy atom. The van der Waals surface area contributed by atoms with Gasteiger partial charge in [0.2, 0.25) is 0 Å². The van der Waals surface area contributed by atoms with Crippen molar-refractivity contribution in [1.29, 1.82) is 5.26 Å². The quantitative estimate of drug-likeness (QED) is 0.743. The number of hydrogen-bond donors (Lipinski definition) is 0. The Morgan fingerprint density at radius 1 is 1.53 bits per heavy atom. The molecule has 1 aliphatic rings. The van der Waals surface area contributed by atoms with Crippen LogP contribution in [-0.2, 0) is 0 Å². The first-order valence-electron chi connectivity index (χ1n) is 5.48. The van der Waals surface area contributed by atoms with E-state index in [0.29, 0.717) is 0 Å². The Bertz CT molecular complexity index is 331. The predicted octanol–water partition coefficient (Wildman–Crippen LogP) is 2.58. The molecule has 1 unspecified atom stereocenters. The van der Waals surface area contributed by atoms with E-state index in [2.05, 4.69) is 17.9 Å². The monoisotopic (exact) mass is 204 g/mol. The summed E-state index contributed by atoms with van der Waals surface area (Å²) in [6.07, 6.45) is 3.99. The lowest BCUT2D eigenvalue weighted by Crippen LogP contribution is -2.35. The van der Waals surface area contributed by atoms with Crippen molar-refractivity contribution in [2.75, 3.05) is 13.1 Å². The van der Waals surface area contributed by atoms with Gasteiger partial charge in [-0.25, -0.2) is 0 Å². The summed E-state index contributed by atoms with van der Waals surface area (Å²) >= 11 is 0. The molecule has 0 aromatic carbocycles. The van der Waals surface area contributed by atoms with Crippen LogP contribution in [0.5, 0.6) is 0 Å². The second kappa shape index (κ2) is 4.50. The van der Waals surface area contributed by atoms with Crippen molar-refractivity contribution < 1.29 is 4.42 Å². The van der Waals surface area contributed by atoms with Gasteiger partial charge in [0.25, 0.3) is 0 Å². The third-order valence-corrected chi connectivity index (χ3v) is 3.12. The van der Waals surface area contributed by atoms with E-state index in [9.17, 15) is 0 Å². The van der Waals surface area contributed by atoms with Gasteiger partial charge < -0.3 is 4.42 Å². The van der Waals surface area contributed by atoms with Gasteiger partial charge in [0.05, 0.1) is 12.3 Å². The largest absolute Gasteiger partial charge is 0.467 e. The Hall–Kier alpha value is -1.27. The second-order valence-corrected chi connectivity index (χ2v) is 4.27. The number of hydrogen-bond acceptors (Lipinski definition) is 3. The highest BCUT2D eigenvalue weighted by molar-refractivity contribution is 5.13. The van der Waals surface area contributed by atoms with E-state index in [-0.39, 0.29) is 6.04 Å². The molecule has 3 heteroatoms. The van der Waals surface area contributed by atoms with Gasteiger partial charge in [0.1, 0.15) is 5.76 Å². The summed E-state index contributed by atoms with van der Waals surface area (Å²) in [6.45, 7) is 4.27. The number of rotatable bonds is 2. The van der Waals surface area contributed by atoms with Gasteiger partial charge in [-0.2, -0.15) is 5.26 Å². The van der Waals surface area contributed by atoms with Crippen LogP contribution in [0.2, 0.25) is 0 Å². The summed E-state index contributed by atoms with van der Waals surface area (Å²) in [7, 11) is 0. The van der Waals surface area contributed by atoms with Crippen LogP contribution in [0.4, 0.5) is 0 Å². The van der Waals surface area contributed by atoms with Crippen LogP contribution in [0.25, 0.3) is 0 Å².